The van der Waals surface area contributed by atoms with Gasteiger partial charge < -0.3 is 0 Å². The summed E-state index contributed by atoms with van der Waals surface area (Å²) >= 11 is 0. The Morgan fingerprint density at radius 2 is 2.29 bits per heavy atom. The van der Waals surface area contributed by atoms with Crippen LogP contribution in [0.2, 0.25) is 0 Å². The number of fused-ring (bicyclic) bond motifs is 1. The van der Waals surface area contributed by atoms with E-state index in [1.807, 2.05) is 0 Å². The van der Waals surface area contributed by atoms with Gasteiger partial charge in [0.25, 0.3) is 0 Å². The number of hydrogen-bond donors (Lipinski definition) is 2. The molecule has 4 N–H and O–H groups in total. The van der Waals surface area contributed by atoms with Crippen LogP contribution < -0.4 is 11.5 Å². The Morgan fingerprint density at radius 1 is 1.47 bits per heavy atom. The molecule has 88 valence electrons. The van der Waals surface area contributed by atoms with Gasteiger partial charge in [-0.15, -0.1) is 0 Å². The van der Waals surface area contributed by atoms with E-state index in [2.05, 4.69) is 20.8 Å². The Hall–Kier alpha value is -1.88. The van der Waals surface area contributed by atoms with Gasteiger partial charge in [-0.2, -0.15) is 0 Å². The zero-order valence-corrected chi connectivity index (χ0v) is 9.59. The van der Waals surface area contributed by atoms with Crippen LogP contribution in [-0.4, -0.2) is 26.1 Å². The van der Waals surface area contributed by atoms with Crippen LogP contribution in [0.5, 0.6) is 0 Å². The maximum absolute atomic E-state index is 10.1. The number of nitrogen functional groups attached to an aromatic ring is 2. The predicted molar refractivity (Wildman–Crippen MR) is 61.6 cm³/mol. The maximum atomic E-state index is 10.1. The van der Waals surface area contributed by atoms with E-state index in [-0.39, 0.29) is 19.7 Å². The molecular weight excluding hydrogens is 243 g/mol. The van der Waals surface area contributed by atoms with E-state index in [0.717, 1.165) is 0 Å². The second-order valence-corrected chi connectivity index (χ2v) is 3.47. The fraction of sp³-hybridized carbons (Fsp3) is 0.250. The molecule has 8 nitrogen and oxygen atoms in total. The fourth-order valence-electron chi connectivity index (χ4n) is 1.36. The van der Waals surface area contributed by atoms with Crippen molar-refractivity contribution in [2.45, 2.75) is 6.54 Å². The van der Waals surface area contributed by atoms with Crippen molar-refractivity contribution < 1.29 is 9.30 Å². The van der Waals surface area contributed by atoms with Crippen LogP contribution in [0.1, 0.15) is 0 Å². The first-order chi connectivity index (χ1) is 8.22. The second-order valence-electron chi connectivity index (χ2n) is 3.11. The van der Waals surface area contributed by atoms with Gasteiger partial charge in [0, 0.05) is 0 Å². The van der Waals surface area contributed by atoms with Crippen molar-refractivity contribution in [3.63, 3.8) is 0 Å². The molecule has 0 unspecified atom stereocenters. The number of nitrogens with zero attached hydrogens (tertiary/aromatic N) is 4. The third-order valence-electron chi connectivity index (χ3n) is 2.04. The molecule has 0 saturated heterocycles. The van der Waals surface area contributed by atoms with E-state index < -0.39 is 0 Å². The van der Waals surface area contributed by atoms with Crippen molar-refractivity contribution in [3.05, 3.63) is 6.33 Å². The summed E-state index contributed by atoms with van der Waals surface area (Å²) in [5, 5.41) is 0. The number of ether oxygens (including phenoxy) is 1. The molecule has 0 spiro atoms. The number of nitrogens with two attached hydrogens (primary N) is 2. The van der Waals surface area contributed by atoms with Crippen LogP contribution in [0.4, 0.5) is 11.8 Å². The van der Waals surface area contributed by atoms with E-state index >= 15 is 0 Å². The van der Waals surface area contributed by atoms with Crippen molar-refractivity contribution >= 4 is 30.8 Å². The average molecular weight is 252 g/mol. The van der Waals surface area contributed by atoms with E-state index in [0.29, 0.717) is 24.3 Å². The van der Waals surface area contributed by atoms with Crippen molar-refractivity contribution in [1.82, 2.24) is 19.5 Å². The first-order valence-corrected chi connectivity index (χ1v) is 5.46. The first kappa shape index (κ1) is 11.6. The average Bonchev–Trinajstić information content (AvgIpc) is 2.68. The molecule has 17 heavy (non-hydrogen) atoms. The summed E-state index contributed by atoms with van der Waals surface area (Å²) in [5.41, 5.74) is 12.2. The molecule has 0 aliphatic carbocycles. The van der Waals surface area contributed by atoms with Crippen LogP contribution in [0.25, 0.3) is 11.2 Å². The van der Waals surface area contributed by atoms with E-state index in [9.17, 15) is 4.57 Å². The van der Waals surface area contributed by atoms with Crippen molar-refractivity contribution in [1.29, 1.82) is 0 Å². The number of hydrogen-bond acceptors (Lipinski definition) is 7. The first-order valence-electron chi connectivity index (χ1n) is 4.65. The number of imidazole rings is 1. The van der Waals surface area contributed by atoms with Crippen LogP contribution in [0.15, 0.2) is 6.33 Å². The Labute approximate surface area is 97.1 Å². The Kier molecular flexibility index (Phi) is 3.39. The molecule has 0 aromatic carbocycles. The topological polar surface area (TPSA) is 122 Å². The molecule has 0 atom stereocenters. The molecule has 2 aromatic heterocycles. The summed E-state index contributed by atoms with van der Waals surface area (Å²) in [5.74, 6) is 2.51. The zero-order valence-electron chi connectivity index (χ0n) is 8.70. The third kappa shape index (κ3) is 2.45. The van der Waals surface area contributed by atoms with Gasteiger partial charge in [0.05, 0.1) is 0 Å². The van der Waals surface area contributed by atoms with Gasteiger partial charge in [-0.1, -0.05) is 0 Å². The molecule has 0 aliphatic rings. The fourth-order valence-corrected chi connectivity index (χ4v) is 1.51. The minimum absolute atomic E-state index is 0.0915. The van der Waals surface area contributed by atoms with Gasteiger partial charge in [0.2, 0.25) is 0 Å². The molecule has 0 radical (unpaired) electrons. The van der Waals surface area contributed by atoms with Gasteiger partial charge in [-0.3, -0.25) is 0 Å². The van der Waals surface area contributed by atoms with Crippen LogP contribution in [0.3, 0.4) is 0 Å². The zero-order chi connectivity index (χ0) is 12.3. The molecule has 0 saturated carbocycles. The van der Waals surface area contributed by atoms with Gasteiger partial charge >= 0.3 is 96.4 Å². The molecule has 0 bridgehead atoms. The second kappa shape index (κ2) is 4.97. The van der Waals surface area contributed by atoms with Gasteiger partial charge in [0.15, 0.2) is 0 Å². The van der Waals surface area contributed by atoms with Gasteiger partial charge in [0.1, 0.15) is 0 Å². The van der Waals surface area contributed by atoms with Crippen molar-refractivity contribution in [2.75, 3.05) is 18.1 Å². The summed E-state index contributed by atoms with van der Waals surface area (Å²) in [6, 6.07) is 0. The molecule has 0 fully saturated rings. The van der Waals surface area contributed by atoms with Crippen LogP contribution >= 0.6 is 7.92 Å². The number of anilines is 2. The minimum atomic E-state index is -0.284. The van der Waals surface area contributed by atoms with E-state index in [1.165, 1.54) is 0 Å². The summed E-state index contributed by atoms with van der Waals surface area (Å²) in [7, 11) is -0.284. The Balaban J connectivity index is 2.28. The standard InChI is InChI=1S/C8H9N6O2P/c9-6-5-7(13-8(10)12-6)14(3-11-5)1-2-16-4-17-15/h3H,1-2H2,(H4,9,10,12,13). The van der Waals surface area contributed by atoms with Crippen molar-refractivity contribution in [3.8, 4) is 5.81 Å². The van der Waals surface area contributed by atoms with E-state index in [4.69, 9.17) is 16.2 Å². The van der Waals surface area contributed by atoms with Gasteiger partial charge in [-0.05, 0) is 0 Å². The Morgan fingerprint density at radius 3 is 3.06 bits per heavy atom. The monoisotopic (exact) mass is 252 g/mol. The number of aromatic nitrogens is 4. The SMILES string of the molecule is Nc1nc(N)c2ncn(CCOC#P=O)c2n1. The summed E-state index contributed by atoms with van der Waals surface area (Å²) in [6.45, 7) is 0.763. The molecule has 9 heteroatoms. The Bertz CT molecular complexity index is 648. The molecule has 2 aromatic rings. The predicted octanol–water partition coefficient (Wildman–Crippen LogP) is 0.216. The molecule has 0 aliphatic heterocycles. The summed E-state index contributed by atoms with van der Waals surface area (Å²) in [6.07, 6.45) is 1.56. The van der Waals surface area contributed by atoms with Crippen molar-refractivity contribution in [2.24, 2.45) is 0 Å². The summed E-state index contributed by atoms with van der Waals surface area (Å²) in [4.78, 5) is 11.9. The molecule has 0 amide bonds. The molecular formula is C8H9N6O2P. The molecule has 2 heterocycles. The molecule has 2 rings (SSSR count). The quantitative estimate of drug-likeness (QED) is 0.591. The summed E-state index contributed by atoms with van der Waals surface area (Å²) < 4.78 is 16.6. The van der Waals surface area contributed by atoms with E-state index in [1.54, 1.807) is 10.9 Å². The third-order valence-corrected chi connectivity index (χ3v) is 2.25. The van der Waals surface area contributed by atoms with Crippen LogP contribution in [-0.2, 0) is 15.8 Å². The van der Waals surface area contributed by atoms with Gasteiger partial charge in [-0.25, -0.2) is 0 Å². The van der Waals surface area contributed by atoms with Crippen LogP contribution in [0, 0.1) is 5.81 Å². The number of rotatable bonds is 3. The normalized spacial score (nSPS) is 10.4.